The van der Waals surface area contributed by atoms with E-state index in [1.54, 1.807) is 6.92 Å². The van der Waals surface area contributed by atoms with Gasteiger partial charge in [-0.25, -0.2) is 13.2 Å². The molecule has 5 unspecified atom stereocenters. The second-order valence-corrected chi connectivity index (χ2v) is 6.50. The average Bonchev–Trinajstić information content (AvgIpc) is 2.37. The number of ether oxygens (including phenoxy) is 1. The molecule has 0 N–H and O–H groups in total. The lowest BCUT2D eigenvalue weighted by Gasteiger charge is -2.38. The Morgan fingerprint density at radius 1 is 1.00 bits per heavy atom. The van der Waals surface area contributed by atoms with E-state index in [0.717, 1.165) is 0 Å². The van der Waals surface area contributed by atoms with Gasteiger partial charge in [-0.05, 0) is 25.2 Å². The minimum Gasteiger partial charge on any atom is -0.317 e. The second kappa shape index (κ2) is 6.69. The van der Waals surface area contributed by atoms with Crippen molar-refractivity contribution in [1.29, 1.82) is 5.26 Å². The molecule has 2 aliphatic rings. The van der Waals surface area contributed by atoms with Crippen molar-refractivity contribution >= 4 is 0 Å². The maximum absolute atomic E-state index is 14.1. The van der Waals surface area contributed by atoms with Gasteiger partial charge in [-0.15, -0.1) is 0 Å². The smallest absolute Gasteiger partial charge is 0.317 e. The molecular weight excluding hydrogens is 305 g/mol. The van der Waals surface area contributed by atoms with Crippen molar-refractivity contribution in [3.05, 3.63) is 0 Å². The topological polar surface area (TPSA) is 33.0 Å². The van der Waals surface area contributed by atoms with Crippen LogP contribution in [0.15, 0.2) is 0 Å². The Labute approximate surface area is 126 Å². The van der Waals surface area contributed by atoms with Crippen LogP contribution in [0.1, 0.15) is 39.0 Å². The average molecular weight is 325 g/mol. The Hall–Kier alpha value is -0.900. The lowest BCUT2D eigenvalue weighted by molar-refractivity contribution is -0.313. The third-order valence-corrected chi connectivity index (χ3v) is 4.69. The summed E-state index contributed by atoms with van der Waals surface area (Å²) >= 11 is 0. The fourth-order valence-corrected chi connectivity index (χ4v) is 3.38. The zero-order valence-corrected chi connectivity index (χ0v) is 12.3. The van der Waals surface area contributed by atoms with Crippen LogP contribution in [0.3, 0.4) is 0 Å². The summed E-state index contributed by atoms with van der Waals surface area (Å²) in [5.41, 5.74) is 0. The highest BCUT2D eigenvalue weighted by Crippen LogP contribution is 2.43. The van der Waals surface area contributed by atoms with Gasteiger partial charge in [0.05, 0.1) is 18.1 Å². The summed E-state index contributed by atoms with van der Waals surface area (Å²) in [7, 11) is 0. The van der Waals surface area contributed by atoms with Crippen molar-refractivity contribution in [2.45, 2.75) is 69.8 Å². The summed E-state index contributed by atoms with van der Waals surface area (Å²) in [4.78, 5) is 0. The number of hydrogen-bond acceptors (Lipinski definition) is 2. The molecule has 2 rings (SSSR count). The molecule has 2 aliphatic carbocycles. The third kappa shape index (κ3) is 3.70. The Bertz CT molecular complexity index is 415. The molecular formula is C15H20F5NO. The molecule has 2 saturated carbocycles. The molecule has 22 heavy (non-hydrogen) atoms. The summed E-state index contributed by atoms with van der Waals surface area (Å²) in [5.74, 6) is -2.98. The van der Waals surface area contributed by atoms with E-state index in [4.69, 9.17) is 5.26 Å². The number of rotatable bonds is 3. The van der Waals surface area contributed by atoms with E-state index in [0.29, 0.717) is 6.42 Å². The van der Waals surface area contributed by atoms with Crippen LogP contribution in [0, 0.1) is 29.1 Å². The minimum atomic E-state index is -3.75. The van der Waals surface area contributed by atoms with E-state index in [-0.39, 0.29) is 18.8 Å². The van der Waals surface area contributed by atoms with Gasteiger partial charge >= 0.3 is 6.11 Å². The van der Waals surface area contributed by atoms with Gasteiger partial charge in [-0.2, -0.15) is 14.0 Å². The van der Waals surface area contributed by atoms with Gasteiger partial charge in [0.2, 0.25) is 0 Å². The Balaban J connectivity index is 1.99. The lowest BCUT2D eigenvalue weighted by Crippen LogP contribution is -2.46. The van der Waals surface area contributed by atoms with Crippen LogP contribution in [0.4, 0.5) is 22.0 Å². The number of alkyl halides is 5. The van der Waals surface area contributed by atoms with Crippen molar-refractivity contribution in [3.8, 4) is 6.07 Å². The fourth-order valence-electron chi connectivity index (χ4n) is 3.38. The summed E-state index contributed by atoms with van der Waals surface area (Å²) in [6.07, 6.45) is -10.9. The first-order chi connectivity index (χ1) is 10.2. The highest BCUT2D eigenvalue weighted by molar-refractivity contribution is 4.99. The van der Waals surface area contributed by atoms with Gasteiger partial charge in [0.1, 0.15) is 24.4 Å². The highest BCUT2D eigenvalue weighted by Gasteiger charge is 2.51. The number of halogens is 5. The quantitative estimate of drug-likeness (QED) is 0.723. The first-order valence-corrected chi connectivity index (χ1v) is 7.62. The van der Waals surface area contributed by atoms with Crippen LogP contribution < -0.4 is 0 Å². The second-order valence-electron chi connectivity index (χ2n) is 6.50. The van der Waals surface area contributed by atoms with Crippen molar-refractivity contribution in [2.75, 3.05) is 0 Å². The van der Waals surface area contributed by atoms with E-state index in [1.165, 1.54) is 6.07 Å². The first kappa shape index (κ1) is 17.5. The minimum absolute atomic E-state index is 0.0129. The van der Waals surface area contributed by atoms with Crippen LogP contribution in [0.2, 0.25) is 0 Å². The predicted octanol–water partition coefficient (Wildman–Crippen LogP) is 4.35. The molecule has 0 bridgehead atoms. The summed E-state index contributed by atoms with van der Waals surface area (Å²) < 4.78 is 74.0. The SMILES string of the molecule is CC1CCC(C(F)(F)OC2CC(F)C(C#N)C(F)C2)C(F)C1. The van der Waals surface area contributed by atoms with E-state index in [1.807, 2.05) is 0 Å². The summed E-state index contributed by atoms with van der Waals surface area (Å²) in [5, 5.41) is 8.65. The van der Waals surface area contributed by atoms with Gasteiger partial charge in [0.15, 0.2) is 0 Å². The van der Waals surface area contributed by atoms with E-state index < -0.39 is 55.4 Å². The molecule has 126 valence electrons. The molecule has 0 spiro atoms. The maximum atomic E-state index is 14.1. The molecule has 7 heteroatoms. The van der Waals surface area contributed by atoms with E-state index in [9.17, 15) is 22.0 Å². The molecule has 0 aromatic carbocycles. The summed E-state index contributed by atoms with van der Waals surface area (Å²) in [6.45, 7) is 1.80. The molecule has 0 saturated heterocycles. The molecule has 5 atom stereocenters. The predicted molar refractivity (Wildman–Crippen MR) is 69.4 cm³/mol. The zero-order chi connectivity index (χ0) is 16.5. The fraction of sp³-hybridized carbons (Fsp3) is 0.933. The van der Waals surface area contributed by atoms with Crippen LogP contribution in [-0.4, -0.2) is 30.7 Å². The summed E-state index contributed by atoms with van der Waals surface area (Å²) in [6, 6.07) is 1.51. The van der Waals surface area contributed by atoms with Crippen LogP contribution in [0.25, 0.3) is 0 Å². The molecule has 2 fully saturated rings. The van der Waals surface area contributed by atoms with Crippen LogP contribution in [0.5, 0.6) is 0 Å². The monoisotopic (exact) mass is 325 g/mol. The molecule has 0 aliphatic heterocycles. The Morgan fingerprint density at radius 2 is 1.59 bits per heavy atom. The normalized spacial score (nSPS) is 43.6. The first-order valence-electron chi connectivity index (χ1n) is 7.62. The molecule has 0 radical (unpaired) electrons. The number of nitrogens with zero attached hydrogens (tertiary/aromatic N) is 1. The van der Waals surface area contributed by atoms with Crippen molar-refractivity contribution in [2.24, 2.45) is 17.8 Å². The van der Waals surface area contributed by atoms with Crippen molar-refractivity contribution in [3.63, 3.8) is 0 Å². The number of nitriles is 1. The molecule has 0 heterocycles. The highest BCUT2D eigenvalue weighted by atomic mass is 19.3. The third-order valence-electron chi connectivity index (χ3n) is 4.69. The molecule has 2 nitrogen and oxygen atoms in total. The Kier molecular flexibility index (Phi) is 5.31. The zero-order valence-electron chi connectivity index (χ0n) is 12.3. The lowest BCUT2D eigenvalue weighted by atomic mass is 9.80. The molecule has 0 aromatic rings. The van der Waals surface area contributed by atoms with Gasteiger partial charge in [0.25, 0.3) is 0 Å². The largest absolute Gasteiger partial charge is 0.361 e. The number of hydrogen-bond donors (Lipinski definition) is 0. The standard InChI is InChI=1S/C15H20F5NO/c1-8-2-3-11(14(18)4-8)15(19,20)22-9-5-12(16)10(7-21)13(17)6-9/h8-14H,2-6H2,1H3. The van der Waals surface area contributed by atoms with Gasteiger partial charge in [0, 0.05) is 12.8 Å². The van der Waals surface area contributed by atoms with Crippen LogP contribution >= 0.6 is 0 Å². The van der Waals surface area contributed by atoms with Gasteiger partial charge in [-0.3, -0.25) is 0 Å². The van der Waals surface area contributed by atoms with Gasteiger partial charge in [-0.1, -0.05) is 6.92 Å². The van der Waals surface area contributed by atoms with E-state index in [2.05, 4.69) is 4.74 Å². The van der Waals surface area contributed by atoms with Crippen molar-refractivity contribution in [1.82, 2.24) is 0 Å². The molecule has 0 amide bonds. The maximum Gasteiger partial charge on any atom is 0.361 e. The van der Waals surface area contributed by atoms with E-state index >= 15 is 0 Å². The molecule has 0 aromatic heterocycles. The Morgan fingerprint density at radius 3 is 2.09 bits per heavy atom. The van der Waals surface area contributed by atoms with Crippen molar-refractivity contribution < 1.29 is 26.7 Å². The van der Waals surface area contributed by atoms with Crippen LogP contribution in [-0.2, 0) is 4.74 Å². The van der Waals surface area contributed by atoms with Gasteiger partial charge < -0.3 is 4.74 Å².